The average molecular weight is 304 g/mol. The normalized spacial score (nSPS) is 11.2. The molecule has 0 N–H and O–H groups in total. The van der Waals surface area contributed by atoms with E-state index in [-0.39, 0.29) is 29.7 Å². The number of rotatable bonds is 8. The van der Waals surface area contributed by atoms with Crippen LogP contribution in [0.25, 0.3) is 0 Å². The minimum Gasteiger partial charge on any atom is -1.00 e. The first-order chi connectivity index (χ1) is 8.53. The molecule has 20 heavy (non-hydrogen) atoms. The van der Waals surface area contributed by atoms with Crippen LogP contribution in [-0.2, 0) is 14.3 Å². The fraction of sp³-hybridized carbons (Fsp3) is 0.600. The van der Waals surface area contributed by atoms with Crippen molar-refractivity contribution < 1.29 is 31.2 Å². The van der Waals surface area contributed by atoms with Crippen molar-refractivity contribution in [3.63, 3.8) is 0 Å². The van der Waals surface area contributed by atoms with Gasteiger partial charge in [-0.05, 0) is 26.8 Å². The predicted octanol–water partition coefficient (Wildman–Crippen LogP) is -0.890. The first-order valence-electron chi connectivity index (χ1n) is 6.34. The molecule has 0 aromatic heterocycles. The van der Waals surface area contributed by atoms with E-state index < -0.39 is 0 Å². The van der Waals surface area contributed by atoms with E-state index in [0.717, 1.165) is 0 Å². The molecular weight excluding hydrogens is 278 g/mol. The molecule has 0 bridgehead atoms. The number of ether oxygens (including phenoxy) is 1. The molecule has 0 radical (unpaired) electrons. The van der Waals surface area contributed by atoms with Crippen LogP contribution in [0.1, 0.15) is 27.2 Å². The van der Waals surface area contributed by atoms with Gasteiger partial charge in [-0.15, -0.1) is 0 Å². The SMILES string of the molecule is C=CC(=O)C[N+](C)(C)C(C)(C)CCOC(=O)C(=C)C.[Cl-]. The predicted molar refractivity (Wildman–Crippen MR) is 76.6 cm³/mol. The van der Waals surface area contributed by atoms with Crippen LogP contribution in [0, 0.1) is 0 Å². The second kappa shape index (κ2) is 8.22. The number of esters is 1. The summed E-state index contributed by atoms with van der Waals surface area (Å²) in [6.45, 7) is 13.5. The largest absolute Gasteiger partial charge is 1.00 e. The summed E-state index contributed by atoms with van der Waals surface area (Å²) in [7, 11) is 3.98. The monoisotopic (exact) mass is 303 g/mol. The number of ketones is 1. The Morgan fingerprint density at radius 1 is 1.30 bits per heavy atom. The Hall–Kier alpha value is -1.13. The third kappa shape index (κ3) is 6.35. The van der Waals surface area contributed by atoms with Crippen molar-refractivity contribution >= 4 is 11.8 Å². The van der Waals surface area contributed by atoms with E-state index >= 15 is 0 Å². The number of carbonyl (C=O) groups excluding carboxylic acids is 2. The second-order valence-electron chi connectivity index (χ2n) is 5.99. The number of halogens is 1. The number of hydrogen-bond donors (Lipinski definition) is 0. The van der Waals surface area contributed by atoms with Gasteiger partial charge in [0.1, 0.15) is 6.54 Å². The highest BCUT2D eigenvalue weighted by Crippen LogP contribution is 2.24. The van der Waals surface area contributed by atoms with Gasteiger partial charge < -0.3 is 21.6 Å². The molecule has 0 atom stereocenters. The molecule has 0 aromatic rings. The van der Waals surface area contributed by atoms with Gasteiger partial charge in [0.15, 0.2) is 0 Å². The molecule has 0 aliphatic rings. The Balaban J connectivity index is 0. The molecule has 0 aliphatic heterocycles. The fourth-order valence-electron chi connectivity index (χ4n) is 1.49. The fourth-order valence-corrected chi connectivity index (χ4v) is 1.49. The highest BCUT2D eigenvalue weighted by atomic mass is 35.5. The minimum absolute atomic E-state index is 0. The molecule has 0 heterocycles. The zero-order valence-corrected chi connectivity index (χ0v) is 13.9. The van der Waals surface area contributed by atoms with Crippen molar-refractivity contribution in [3.05, 3.63) is 24.8 Å². The molecule has 0 unspecified atom stereocenters. The standard InChI is InChI=1S/C15H26NO3.ClH/c1-8-13(17)11-16(6,7)15(4,5)9-10-19-14(18)12(2)3;/h8H,1-2,9-11H2,3-7H3;1H/q+1;/p-1. The van der Waals surface area contributed by atoms with Gasteiger partial charge in [-0.1, -0.05) is 13.2 Å². The van der Waals surface area contributed by atoms with E-state index in [4.69, 9.17) is 4.74 Å². The van der Waals surface area contributed by atoms with Gasteiger partial charge in [-0.25, -0.2) is 4.79 Å². The number of carbonyl (C=O) groups is 2. The molecule has 0 amide bonds. The van der Waals surface area contributed by atoms with Gasteiger partial charge in [0.05, 0.1) is 26.2 Å². The molecule has 0 fully saturated rings. The summed E-state index contributed by atoms with van der Waals surface area (Å²) in [5.41, 5.74) is 0.210. The van der Waals surface area contributed by atoms with E-state index in [1.165, 1.54) is 6.08 Å². The summed E-state index contributed by atoms with van der Waals surface area (Å²) >= 11 is 0. The highest BCUT2D eigenvalue weighted by Gasteiger charge is 2.37. The maximum absolute atomic E-state index is 11.5. The summed E-state index contributed by atoms with van der Waals surface area (Å²) in [6.07, 6.45) is 2.01. The second-order valence-corrected chi connectivity index (χ2v) is 5.99. The van der Waals surface area contributed by atoms with Crippen LogP contribution in [0.15, 0.2) is 24.8 Å². The van der Waals surface area contributed by atoms with E-state index in [2.05, 4.69) is 27.0 Å². The van der Waals surface area contributed by atoms with Crippen molar-refractivity contribution in [2.24, 2.45) is 0 Å². The summed E-state index contributed by atoms with van der Waals surface area (Å²) in [5, 5.41) is 0. The topological polar surface area (TPSA) is 43.4 Å². The van der Waals surface area contributed by atoms with Gasteiger partial charge in [0, 0.05) is 12.0 Å². The number of quaternary nitrogens is 1. The van der Waals surface area contributed by atoms with E-state index in [9.17, 15) is 9.59 Å². The molecule has 0 saturated heterocycles. The van der Waals surface area contributed by atoms with Gasteiger partial charge in [0.2, 0.25) is 5.78 Å². The third-order valence-corrected chi connectivity index (χ3v) is 3.71. The van der Waals surface area contributed by atoms with Gasteiger partial charge in [-0.2, -0.15) is 0 Å². The molecule has 116 valence electrons. The van der Waals surface area contributed by atoms with Gasteiger partial charge >= 0.3 is 5.97 Å². The van der Waals surface area contributed by atoms with Crippen LogP contribution in [0.3, 0.4) is 0 Å². The van der Waals surface area contributed by atoms with Crippen LogP contribution in [0.2, 0.25) is 0 Å². The van der Waals surface area contributed by atoms with Crippen LogP contribution >= 0.6 is 0 Å². The van der Waals surface area contributed by atoms with E-state index in [1.807, 2.05) is 14.1 Å². The van der Waals surface area contributed by atoms with Crippen molar-refractivity contribution in [2.75, 3.05) is 27.2 Å². The zero-order chi connectivity index (χ0) is 15.3. The van der Waals surface area contributed by atoms with Crippen molar-refractivity contribution in [1.82, 2.24) is 0 Å². The smallest absolute Gasteiger partial charge is 0.333 e. The molecule has 0 rings (SSSR count). The summed E-state index contributed by atoms with van der Waals surface area (Å²) in [4.78, 5) is 22.8. The lowest BCUT2D eigenvalue weighted by atomic mass is 9.96. The number of hydrogen-bond acceptors (Lipinski definition) is 3. The number of nitrogens with zero attached hydrogens (tertiary/aromatic N) is 1. The molecule has 0 saturated carbocycles. The van der Waals surface area contributed by atoms with Crippen LogP contribution in [-0.4, -0.2) is 49.0 Å². The highest BCUT2D eigenvalue weighted by molar-refractivity contribution is 5.90. The van der Waals surface area contributed by atoms with Gasteiger partial charge in [0.25, 0.3) is 0 Å². The molecule has 4 nitrogen and oxygen atoms in total. The van der Waals surface area contributed by atoms with Crippen LogP contribution in [0.5, 0.6) is 0 Å². The Bertz CT molecular complexity index is 387. The lowest BCUT2D eigenvalue weighted by Crippen LogP contribution is -3.00. The lowest BCUT2D eigenvalue weighted by molar-refractivity contribution is -0.930. The maximum atomic E-state index is 11.5. The van der Waals surface area contributed by atoms with Crippen LogP contribution in [0.4, 0.5) is 0 Å². The first-order valence-corrected chi connectivity index (χ1v) is 6.34. The minimum atomic E-state index is -0.372. The Morgan fingerprint density at radius 3 is 2.20 bits per heavy atom. The summed E-state index contributed by atoms with van der Waals surface area (Å²) in [5.74, 6) is -0.361. The van der Waals surface area contributed by atoms with E-state index in [1.54, 1.807) is 6.92 Å². The quantitative estimate of drug-likeness (QED) is 0.332. The summed E-state index contributed by atoms with van der Waals surface area (Å²) < 4.78 is 5.63. The van der Waals surface area contributed by atoms with Gasteiger partial charge in [-0.3, -0.25) is 4.79 Å². The Kier molecular flexibility index (Phi) is 8.70. The van der Waals surface area contributed by atoms with E-state index in [0.29, 0.717) is 29.6 Å². The van der Waals surface area contributed by atoms with Crippen molar-refractivity contribution in [2.45, 2.75) is 32.7 Å². The van der Waals surface area contributed by atoms with Crippen molar-refractivity contribution in [1.29, 1.82) is 0 Å². The Labute approximate surface area is 128 Å². The van der Waals surface area contributed by atoms with Crippen LogP contribution < -0.4 is 12.4 Å². The molecular formula is C15H26ClNO3. The van der Waals surface area contributed by atoms with Crippen molar-refractivity contribution in [3.8, 4) is 0 Å². The molecule has 0 spiro atoms. The first kappa shape index (κ1) is 21.2. The average Bonchev–Trinajstić information content (AvgIpc) is 2.27. The molecule has 0 aliphatic carbocycles. The third-order valence-electron chi connectivity index (χ3n) is 3.71. The zero-order valence-electron chi connectivity index (χ0n) is 13.2. The lowest BCUT2D eigenvalue weighted by Gasteiger charge is -2.44. The molecule has 5 heteroatoms. The maximum Gasteiger partial charge on any atom is 0.333 e. The molecule has 0 aromatic carbocycles. The summed E-state index contributed by atoms with van der Waals surface area (Å²) in [6, 6.07) is 0. The number of likely N-dealkylation sites (N-methyl/N-ethyl adjacent to an activating group) is 1. The Morgan fingerprint density at radius 2 is 1.80 bits per heavy atom.